The highest BCUT2D eigenvalue weighted by molar-refractivity contribution is 6.13. The second-order valence-corrected chi connectivity index (χ2v) is 7.22. The molecule has 0 atom stereocenters. The topological polar surface area (TPSA) is 143 Å². The van der Waals surface area contributed by atoms with Gasteiger partial charge < -0.3 is 14.2 Å². The average molecular weight is 493 g/mol. The second-order valence-electron chi connectivity index (χ2n) is 7.22. The lowest BCUT2D eigenvalue weighted by atomic mass is 10.1. The number of aliphatic imine (C=N–C) groups is 1. The lowest BCUT2D eigenvalue weighted by molar-refractivity contribution is -0.394. The van der Waals surface area contributed by atoms with E-state index in [0.717, 1.165) is 18.2 Å². The van der Waals surface area contributed by atoms with Crippen LogP contribution in [0, 0.1) is 26.0 Å². The molecule has 0 aliphatic carbocycles. The number of carbonyl (C=O) groups excluding carboxylic acids is 1. The Hall–Kier alpha value is -5.13. The van der Waals surface area contributed by atoms with E-state index in [4.69, 9.17) is 14.2 Å². The normalized spacial score (nSPS) is 13.8. The Morgan fingerprint density at radius 1 is 1.00 bits per heavy atom. The second kappa shape index (κ2) is 10.0. The average Bonchev–Trinajstić information content (AvgIpc) is 3.20. The van der Waals surface area contributed by atoms with E-state index in [-0.39, 0.29) is 41.0 Å². The first-order valence-electron chi connectivity index (χ1n) is 10.4. The SMILES string of the molecule is CCOc1cc(/C=C2\N=C(c3ccccc3F)OC2=O)ccc1Oc1ccc([N+](=O)[O-])cc1[N+](=O)[O-]. The molecule has 12 heteroatoms. The highest BCUT2D eigenvalue weighted by atomic mass is 19.1. The molecule has 0 spiro atoms. The summed E-state index contributed by atoms with van der Waals surface area (Å²) >= 11 is 0. The van der Waals surface area contributed by atoms with Crippen LogP contribution in [0.5, 0.6) is 17.2 Å². The van der Waals surface area contributed by atoms with Crippen molar-refractivity contribution in [1.82, 2.24) is 0 Å². The van der Waals surface area contributed by atoms with Gasteiger partial charge in [-0.1, -0.05) is 18.2 Å². The maximum atomic E-state index is 14.0. The van der Waals surface area contributed by atoms with Crippen molar-refractivity contribution in [1.29, 1.82) is 0 Å². The summed E-state index contributed by atoms with van der Waals surface area (Å²) in [5.74, 6) is -1.47. The predicted octanol–water partition coefficient (Wildman–Crippen LogP) is 5.18. The van der Waals surface area contributed by atoms with Crippen LogP contribution in [0.25, 0.3) is 6.08 Å². The van der Waals surface area contributed by atoms with Crippen LogP contribution in [0.3, 0.4) is 0 Å². The van der Waals surface area contributed by atoms with Crippen molar-refractivity contribution in [2.45, 2.75) is 6.92 Å². The number of halogens is 1. The Labute approximate surface area is 202 Å². The molecule has 1 aliphatic rings. The third-order valence-corrected chi connectivity index (χ3v) is 4.87. The van der Waals surface area contributed by atoms with Crippen molar-refractivity contribution in [2.75, 3.05) is 6.61 Å². The van der Waals surface area contributed by atoms with E-state index in [0.29, 0.717) is 5.56 Å². The number of carbonyl (C=O) groups is 1. The maximum Gasteiger partial charge on any atom is 0.363 e. The van der Waals surface area contributed by atoms with Crippen molar-refractivity contribution in [2.24, 2.45) is 4.99 Å². The summed E-state index contributed by atoms with van der Waals surface area (Å²) in [5, 5.41) is 22.4. The molecule has 1 aliphatic heterocycles. The zero-order valence-electron chi connectivity index (χ0n) is 18.5. The van der Waals surface area contributed by atoms with Gasteiger partial charge in [0.15, 0.2) is 17.2 Å². The van der Waals surface area contributed by atoms with E-state index in [1.54, 1.807) is 13.0 Å². The minimum Gasteiger partial charge on any atom is -0.490 e. The molecule has 3 aromatic rings. The van der Waals surface area contributed by atoms with Gasteiger partial charge in [0.2, 0.25) is 11.6 Å². The Morgan fingerprint density at radius 2 is 1.75 bits per heavy atom. The molecule has 0 amide bonds. The van der Waals surface area contributed by atoms with Crippen LogP contribution in [0.1, 0.15) is 18.1 Å². The van der Waals surface area contributed by atoms with Gasteiger partial charge in [-0.05, 0) is 48.9 Å². The summed E-state index contributed by atoms with van der Waals surface area (Å²) < 4.78 is 30.3. The molecule has 0 bridgehead atoms. The minimum absolute atomic E-state index is 0.0395. The largest absolute Gasteiger partial charge is 0.490 e. The lowest BCUT2D eigenvalue weighted by Crippen LogP contribution is -2.07. The molecule has 182 valence electrons. The van der Waals surface area contributed by atoms with Gasteiger partial charge >= 0.3 is 11.7 Å². The van der Waals surface area contributed by atoms with E-state index in [2.05, 4.69) is 4.99 Å². The Bertz CT molecular complexity index is 1450. The van der Waals surface area contributed by atoms with Crippen LogP contribution in [-0.4, -0.2) is 28.3 Å². The Morgan fingerprint density at radius 3 is 2.44 bits per heavy atom. The number of nitro groups is 2. The fourth-order valence-electron chi connectivity index (χ4n) is 3.25. The van der Waals surface area contributed by atoms with E-state index in [1.807, 2.05) is 0 Å². The van der Waals surface area contributed by atoms with Gasteiger partial charge in [-0.15, -0.1) is 0 Å². The minimum atomic E-state index is -0.793. The first kappa shape index (κ1) is 24.0. The van der Waals surface area contributed by atoms with Crippen LogP contribution in [0.15, 0.2) is 71.4 Å². The molecule has 0 radical (unpaired) electrons. The number of esters is 1. The van der Waals surface area contributed by atoms with Gasteiger partial charge in [0.1, 0.15) is 5.82 Å². The van der Waals surface area contributed by atoms with Crippen molar-refractivity contribution in [3.05, 3.63) is 104 Å². The Balaban J connectivity index is 1.66. The zero-order chi connectivity index (χ0) is 25.8. The molecule has 0 aromatic heterocycles. The van der Waals surface area contributed by atoms with Crippen molar-refractivity contribution >= 4 is 29.3 Å². The van der Waals surface area contributed by atoms with E-state index in [1.165, 1.54) is 42.5 Å². The molecular weight excluding hydrogens is 477 g/mol. The molecule has 0 saturated carbocycles. The van der Waals surface area contributed by atoms with Crippen LogP contribution >= 0.6 is 0 Å². The number of hydrogen-bond acceptors (Lipinski definition) is 9. The highest BCUT2D eigenvalue weighted by Crippen LogP contribution is 2.39. The number of hydrogen-bond donors (Lipinski definition) is 0. The number of ether oxygens (including phenoxy) is 3. The first-order chi connectivity index (χ1) is 17.3. The quantitative estimate of drug-likeness (QED) is 0.181. The summed E-state index contributed by atoms with van der Waals surface area (Å²) in [6.07, 6.45) is 1.40. The van der Waals surface area contributed by atoms with E-state index in [9.17, 15) is 29.4 Å². The molecule has 0 unspecified atom stereocenters. The summed E-state index contributed by atoms with van der Waals surface area (Å²) in [5.41, 5.74) is -0.635. The van der Waals surface area contributed by atoms with Crippen LogP contribution < -0.4 is 9.47 Å². The molecular formula is C24H16FN3O8. The number of nitrogens with zero attached hydrogens (tertiary/aromatic N) is 3. The van der Waals surface area contributed by atoms with Crippen molar-refractivity contribution in [3.8, 4) is 17.2 Å². The number of non-ortho nitro benzene ring substituents is 1. The lowest BCUT2D eigenvalue weighted by Gasteiger charge is -2.12. The zero-order valence-corrected chi connectivity index (χ0v) is 18.5. The van der Waals surface area contributed by atoms with Gasteiger partial charge in [0.25, 0.3) is 5.69 Å². The van der Waals surface area contributed by atoms with Crippen LogP contribution in [0.2, 0.25) is 0 Å². The van der Waals surface area contributed by atoms with Crippen LogP contribution in [0.4, 0.5) is 15.8 Å². The van der Waals surface area contributed by atoms with E-state index >= 15 is 0 Å². The number of rotatable bonds is 8. The van der Waals surface area contributed by atoms with Gasteiger partial charge in [0, 0.05) is 6.07 Å². The maximum absolute atomic E-state index is 14.0. The summed E-state index contributed by atoms with van der Waals surface area (Å²) in [7, 11) is 0. The summed E-state index contributed by atoms with van der Waals surface area (Å²) in [6.45, 7) is 1.93. The Kier molecular flexibility index (Phi) is 6.68. The molecule has 4 rings (SSSR count). The number of benzene rings is 3. The third kappa shape index (κ3) is 5.01. The van der Waals surface area contributed by atoms with Gasteiger partial charge in [0.05, 0.1) is 28.1 Å². The predicted molar refractivity (Wildman–Crippen MR) is 124 cm³/mol. The molecule has 36 heavy (non-hydrogen) atoms. The smallest absolute Gasteiger partial charge is 0.363 e. The molecule has 11 nitrogen and oxygen atoms in total. The van der Waals surface area contributed by atoms with E-state index < -0.39 is 33.0 Å². The number of cyclic esters (lactones) is 1. The van der Waals surface area contributed by atoms with Crippen molar-refractivity contribution < 1.29 is 33.2 Å². The molecule has 1 heterocycles. The molecule has 0 fully saturated rings. The molecule has 0 N–H and O–H groups in total. The molecule has 0 saturated heterocycles. The third-order valence-electron chi connectivity index (χ3n) is 4.87. The fraction of sp³-hybridized carbons (Fsp3) is 0.0833. The molecule has 3 aromatic carbocycles. The standard InChI is InChI=1S/C24H16FN3O8/c1-2-34-22-12-14(11-18-24(29)36-23(26-18)16-5-3-4-6-17(16)25)7-9-21(22)35-20-10-8-15(27(30)31)13-19(20)28(32)33/h3-13H,2H2,1H3/b18-11-. The van der Waals surface area contributed by atoms with Crippen molar-refractivity contribution in [3.63, 3.8) is 0 Å². The summed E-state index contributed by atoms with van der Waals surface area (Å²) in [6, 6.07) is 13.2. The van der Waals surface area contributed by atoms with Gasteiger partial charge in [-0.25, -0.2) is 14.2 Å². The van der Waals surface area contributed by atoms with Gasteiger partial charge in [-0.3, -0.25) is 20.2 Å². The first-order valence-corrected chi connectivity index (χ1v) is 10.4. The van der Waals surface area contributed by atoms with Gasteiger partial charge in [-0.2, -0.15) is 0 Å². The van der Waals surface area contributed by atoms with Crippen LogP contribution in [-0.2, 0) is 9.53 Å². The monoisotopic (exact) mass is 493 g/mol. The fourth-order valence-corrected chi connectivity index (χ4v) is 3.25. The summed E-state index contributed by atoms with van der Waals surface area (Å²) in [4.78, 5) is 37.2. The highest BCUT2D eigenvalue weighted by Gasteiger charge is 2.26. The number of nitro benzene ring substituents is 2.